The standard InChI is InChI=1S/C10H20N2O2/c1-8(2)11-7-10(13)12-9-3-5-14-6-4-9/h8-9,11H,3-7H2,1-2H3,(H,12,13). The van der Waals surface area contributed by atoms with Crippen molar-refractivity contribution in [1.82, 2.24) is 10.6 Å². The molecule has 0 saturated carbocycles. The topological polar surface area (TPSA) is 50.4 Å². The molecule has 1 fully saturated rings. The third-order valence-electron chi connectivity index (χ3n) is 2.26. The highest BCUT2D eigenvalue weighted by Crippen LogP contribution is 2.05. The van der Waals surface area contributed by atoms with Crippen molar-refractivity contribution in [2.45, 2.75) is 38.8 Å². The van der Waals surface area contributed by atoms with Gasteiger partial charge >= 0.3 is 0 Å². The van der Waals surface area contributed by atoms with Crippen LogP contribution in [0.4, 0.5) is 0 Å². The summed E-state index contributed by atoms with van der Waals surface area (Å²) in [5.74, 6) is 0.0885. The molecular formula is C10H20N2O2. The van der Waals surface area contributed by atoms with Gasteiger partial charge in [-0.25, -0.2) is 0 Å². The van der Waals surface area contributed by atoms with Crippen LogP contribution in [0.1, 0.15) is 26.7 Å². The second-order valence-corrected chi connectivity index (χ2v) is 3.99. The maximum atomic E-state index is 11.4. The largest absolute Gasteiger partial charge is 0.381 e. The summed E-state index contributed by atoms with van der Waals surface area (Å²) in [6, 6.07) is 0.667. The van der Waals surface area contributed by atoms with E-state index in [1.54, 1.807) is 0 Å². The van der Waals surface area contributed by atoms with Crippen molar-refractivity contribution in [3.63, 3.8) is 0 Å². The van der Waals surface area contributed by atoms with Crippen LogP contribution < -0.4 is 10.6 Å². The van der Waals surface area contributed by atoms with Crippen molar-refractivity contribution in [2.24, 2.45) is 0 Å². The minimum atomic E-state index is 0.0885. The maximum Gasteiger partial charge on any atom is 0.234 e. The van der Waals surface area contributed by atoms with E-state index >= 15 is 0 Å². The molecule has 0 spiro atoms. The number of hydrogen-bond donors (Lipinski definition) is 2. The minimum Gasteiger partial charge on any atom is -0.381 e. The Morgan fingerprint density at radius 2 is 2.07 bits per heavy atom. The lowest BCUT2D eigenvalue weighted by molar-refractivity contribution is -0.121. The third-order valence-corrected chi connectivity index (χ3v) is 2.26. The summed E-state index contributed by atoms with van der Waals surface area (Å²) in [4.78, 5) is 11.4. The Labute approximate surface area is 85.4 Å². The molecule has 0 aromatic carbocycles. The van der Waals surface area contributed by atoms with Crippen LogP contribution >= 0.6 is 0 Å². The zero-order chi connectivity index (χ0) is 10.4. The summed E-state index contributed by atoms with van der Waals surface area (Å²) < 4.78 is 5.21. The van der Waals surface area contributed by atoms with E-state index in [0.717, 1.165) is 26.1 Å². The van der Waals surface area contributed by atoms with E-state index < -0.39 is 0 Å². The molecule has 0 unspecified atom stereocenters. The lowest BCUT2D eigenvalue weighted by atomic mass is 10.1. The first-order chi connectivity index (χ1) is 6.68. The highest BCUT2D eigenvalue weighted by atomic mass is 16.5. The van der Waals surface area contributed by atoms with Gasteiger partial charge in [0, 0.05) is 25.3 Å². The quantitative estimate of drug-likeness (QED) is 0.685. The molecule has 0 radical (unpaired) electrons. The molecule has 0 bridgehead atoms. The van der Waals surface area contributed by atoms with Gasteiger partial charge in [-0.2, -0.15) is 0 Å². The van der Waals surface area contributed by atoms with Gasteiger partial charge in [-0.1, -0.05) is 13.8 Å². The molecule has 0 aliphatic carbocycles. The van der Waals surface area contributed by atoms with Gasteiger partial charge in [0.2, 0.25) is 5.91 Å². The van der Waals surface area contributed by atoms with E-state index in [0.29, 0.717) is 18.6 Å². The Bertz CT molecular complexity index is 177. The van der Waals surface area contributed by atoms with Crippen LogP contribution in [0.5, 0.6) is 0 Å². The molecule has 2 N–H and O–H groups in total. The molecule has 1 aliphatic rings. The number of ether oxygens (including phenoxy) is 1. The van der Waals surface area contributed by atoms with Crippen molar-refractivity contribution in [3.8, 4) is 0 Å². The summed E-state index contributed by atoms with van der Waals surface area (Å²) in [6.07, 6.45) is 1.88. The number of carbonyl (C=O) groups excluding carboxylic acids is 1. The number of carbonyl (C=O) groups is 1. The van der Waals surface area contributed by atoms with E-state index in [1.807, 2.05) is 13.8 Å². The van der Waals surface area contributed by atoms with Gasteiger partial charge in [-0.3, -0.25) is 4.79 Å². The Morgan fingerprint density at radius 3 is 2.64 bits per heavy atom. The first kappa shape index (κ1) is 11.5. The number of hydrogen-bond acceptors (Lipinski definition) is 3. The fourth-order valence-electron chi connectivity index (χ4n) is 1.42. The molecule has 1 heterocycles. The molecule has 0 atom stereocenters. The molecule has 4 nitrogen and oxygen atoms in total. The fraction of sp³-hybridized carbons (Fsp3) is 0.900. The van der Waals surface area contributed by atoms with Crippen LogP contribution in [0.2, 0.25) is 0 Å². The van der Waals surface area contributed by atoms with E-state index in [9.17, 15) is 4.79 Å². The predicted molar refractivity (Wildman–Crippen MR) is 55.1 cm³/mol. The Balaban J connectivity index is 2.12. The lowest BCUT2D eigenvalue weighted by Crippen LogP contribution is -2.44. The molecule has 1 rings (SSSR count). The van der Waals surface area contributed by atoms with Gasteiger partial charge in [-0.15, -0.1) is 0 Å². The highest BCUT2D eigenvalue weighted by Gasteiger charge is 2.15. The Kier molecular flexibility index (Phi) is 4.90. The summed E-state index contributed by atoms with van der Waals surface area (Å²) in [5.41, 5.74) is 0. The monoisotopic (exact) mass is 200 g/mol. The molecule has 14 heavy (non-hydrogen) atoms. The van der Waals surface area contributed by atoms with Gasteiger partial charge in [0.15, 0.2) is 0 Å². The molecule has 82 valence electrons. The first-order valence-electron chi connectivity index (χ1n) is 5.29. The summed E-state index contributed by atoms with van der Waals surface area (Å²) in [6.45, 7) is 6.00. The van der Waals surface area contributed by atoms with E-state index in [2.05, 4.69) is 10.6 Å². The van der Waals surface area contributed by atoms with Crippen molar-refractivity contribution in [1.29, 1.82) is 0 Å². The van der Waals surface area contributed by atoms with Crippen LogP contribution in [-0.2, 0) is 9.53 Å². The average molecular weight is 200 g/mol. The number of amides is 1. The van der Waals surface area contributed by atoms with Crippen LogP contribution in [0.3, 0.4) is 0 Å². The van der Waals surface area contributed by atoms with Crippen molar-refractivity contribution in [2.75, 3.05) is 19.8 Å². The smallest absolute Gasteiger partial charge is 0.234 e. The van der Waals surface area contributed by atoms with Gasteiger partial charge in [-0.05, 0) is 12.8 Å². The van der Waals surface area contributed by atoms with Crippen LogP contribution in [-0.4, -0.2) is 37.7 Å². The second kappa shape index (κ2) is 5.98. The van der Waals surface area contributed by atoms with Gasteiger partial charge in [0.1, 0.15) is 0 Å². The molecule has 1 amide bonds. The Morgan fingerprint density at radius 1 is 1.43 bits per heavy atom. The molecule has 0 aromatic rings. The fourth-order valence-corrected chi connectivity index (χ4v) is 1.42. The summed E-state index contributed by atoms with van der Waals surface area (Å²) >= 11 is 0. The number of rotatable bonds is 4. The van der Waals surface area contributed by atoms with Crippen molar-refractivity contribution in [3.05, 3.63) is 0 Å². The second-order valence-electron chi connectivity index (χ2n) is 3.99. The van der Waals surface area contributed by atoms with Crippen LogP contribution in [0.25, 0.3) is 0 Å². The van der Waals surface area contributed by atoms with Gasteiger partial charge in [0.05, 0.1) is 6.54 Å². The average Bonchev–Trinajstić information content (AvgIpc) is 2.16. The van der Waals surface area contributed by atoms with Gasteiger partial charge in [0.25, 0.3) is 0 Å². The van der Waals surface area contributed by atoms with E-state index in [-0.39, 0.29) is 5.91 Å². The molecule has 0 aromatic heterocycles. The van der Waals surface area contributed by atoms with Crippen LogP contribution in [0.15, 0.2) is 0 Å². The van der Waals surface area contributed by atoms with E-state index in [1.165, 1.54) is 0 Å². The minimum absolute atomic E-state index is 0.0885. The normalized spacial score (nSPS) is 18.5. The third kappa shape index (κ3) is 4.58. The lowest BCUT2D eigenvalue weighted by Gasteiger charge is -2.23. The summed E-state index contributed by atoms with van der Waals surface area (Å²) in [7, 11) is 0. The Hall–Kier alpha value is -0.610. The maximum absolute atomic E-state index is 11.4. The van der Waals surface area contributed by atoms with Crippen LogP contribution in [0, 0.1) is 0 Å². The molecule has 4 heteroatoms. The summed E-state index contributed by atoms with van der Waals surface area (Å²) in [5, 5.41) is 6.08. The van der Waals surface area contributed by atoms with Crippen molar-refractivity contribution < 1.29 is 9.53 Å². The van der Waals surface area contributed by atoms with E-state index in [4.69, 9.17) is 4.74 Å². The predicted octanol–water partition coefficient (Wildman–Crippen LogP) is 0.280. The SMILES string of the molecule is CC(C)NCC(=O)NC1CCOCC1. The zero-order valence-electron chi connectivity index (χ0n) is 9.01. The molecule has 1 aliphatic heterocycles. The highest BCUT2D eigenvalue weighted by molar-refractivity contribution is 5.78. The van der Waals surface area contributed by atoms with Gasteiger partial charge < -0.3 is 15.4 Å². The van der Waals surface area contributed by atoms with Crippen molar-refractivity contribution >= 4 is 5.91 Å². The molecule has 1 saturated heterocycles. The zero-order valence-corrected chi connectivity index (χ0v) is 9.01. The number of nitrogens with one attached hydrogen (secondary N) is 2. The molecular weight excluding hydrogens is 180 g/mol. The first-order valence-corrected chi connectivity index (χ1v) is 5.29.